The van der Waals surface area contributed by atoms with Crippen LogP contribution in [0.3, 0.4) is 0 Å². The number of benzene rings is 2. The first kappa shape index (κ1) is 24.0. The normalized spacial score (nSPS) is 13.7. The first-order valence-electron chi connectivity index (χ1n) is 10.9. The number of carbonyl (C=O) groups is 1. The summed E-state index contributed by atoms with van der Waals surface area (Å²) >= 11 is 6.35. The highest BCUT2D eigenvalue weighted by Crippen LogP contribution is 2.37. The van der Waals surface area contributed by atoms with E-state index in [0.717, 1.165) is 5.56 Å². The summed E-state index contributed by atoms with van der Waals surface area (Å²) in [6, 6.07) is 15.0. The van der Waals surface area contributed by atoms with Gasteiger partial charge in [0.2, 0.25) is 5.88 Å². The summed E-state index contributed by atoms with van der Waals surface area (Å²) in [5.41, 5.74) is 1.99. The van der Waals surface area contributed by atoms with Crippen LogP contribution in [0.2, 0.25) is 5.02 Å². The predicted molar refractivity (Wildman–Crippen MR) is 133 cm³/mol. The summed E-state index contributed by atoms with van der Waals surface area (Å²) in [7, 11) is -3.88. The molecule has 0 saturated heterocycles. The fourth-order valence-corrected chi connectivity index (χ4v) is 5.13. The lowest BCUT2D eigenvalue weighted by atomic mass is 9.87. The van der Waals surface area contributed by atoms with Gasteiger partial charge in [-0.2, -0.15) is 4.98 Å². The highest BCUT2D eigenvalue weighted by atomic mass is 35.5. The number of hydrogen-bond donors (Lipinski definition) is 1. The molecule has 2 heterocycles. The van der Waals surface area contributed by atoms with Crippen LogP contribution in [-0.4, -0.2) is 25.9 Å². The van der Waals surface area contributed by atoms with Crippen molar-refractivity contribution in [2.24, 2.45) is 0 Å². The van der Waals surface area contributed by atoms with E-state index in [1.165, 1.54) is 11.0 Å². The average molecular weight is 500 g/mol. The van der Waals surface area contributed by atoms with Gasteiger partial charge in [0.05, 0.1) is 34.3 Å². The lowest BCUT2D eigenvalue weighted by Crippen LogP contribution is -2.24. The van der Waals surface area contributed by atoms with Crippen molar-refractivity contribution < 1.29 is 17.9 Å². The third kappa shape index (κ3) is 4.60. The molecule has 7 nitrogen and oxygen atoms in total. The second-order valence-corrected chi connectivity index (χ2v) is 11.1. The van der Waals surface area contributed by atoms with Crippen LogP contribution in [0.1, 0.15) is 49.2 Å². The van der Waals surface area contributed by atoms with Gasteiger partial charge in [-0.3, -0.25) is 14.4 Å². The zero-order valence-corrected chi connectivity index (χ0v) is 21.0. The highest BCUT2D eigenvalue weighted by molar-refractivity contribution is 7.92. The van der Waals surface area contributed by atoms with E-state index in [9.17, 15) is 13.2 Å². The molecular formula is C25H26ClN3O4S. The summed E-state index contributed by atoms with van der Waals surface area (Å²) in [6.45, 7) is 8.60. The molecule has 0 radical (unpaired) electrons. The molecular weight excluding hydrogens is 474 g/mol. The molecule has 0 bridgehead atoms. The number of nitrogens with zero attached hydrogens (tertiary/aromatic N) is 2. The Morgan fingerprint density at radius 3 is 2.44 bits per heavy atom. The largest absolute Gasteiger partial charge is 0.478 e. The van der Waals surface area contributed by atoms with Crippen LogP contribution in [0.5, 0.6) is 5.88 Å². The minimum Gasteiger partial charge on any atom is -0.478 e. The molecule has 34 heavy (non-hydrogen) atoms. The Hall–Kier alpha value is -3.10. The maximum absolute atomic E-state index is 13.2. The minimum atomic E-state index is -3.88. The summed E-state index contributed by atoms with van der Waals surface area (Å²) in [6.07, 6.45) is 0. The Morgan fingerprint density at radius 2 is 1.79 bits per heavy atom. The Kier molecular flexibility index (Phi) is 6.31. The van der Waals surface area contributed by atoms with E-state index in [0.29, 0.717) is 29.6 Å². The molecule has 1 aliphatic heterocycles. The lowest BCUT2D eigenvalue weighted by molar-refractivity contribution is 0.0996. The van der Waals surface area contributed by atoms with Crippen LogP contribution in [0.15, 0.2) is 59.5 Å². The Morgan fingerprint density at radius 1 is 1.09 bits per heavy atom. The van der Waals surface area contributed by atoms with Gasteiger partial charge in [0.15, 0.2) is 0 Å². The molecule has 0 aliphatic carbocycles. The molecule has 9 heteroatoms. The van der Waals surface area contributed by atoms with Crippen LogP contribution in [0.4, 0.5) is 11.5 Å². The number of rotatable bonds is 6. The van der Waals surface area contributed by atoms with Crippen molar-refractivity contribution in [3.05, 3.63) is 76.3 Å². The molecule has 1 aromatic heterocycles. The fourth-order valence-electron chi connectivity index (χ4n) is 3.78. The van der Waals surface area contributed by atoms with Crippen LogP contribution in [0.25, 0.3) is 0 Å². The first-order chi connectivity index (χ1) is 16.0. The number of aromatic nitrogens is 1. The van der Waals surface area contributed by atoms with Crippen LogP contribution < -0.4 is 14.4 Å². The van der Waals surface area contributed by atoms with Crippen LogP contribution in [-0.2, 0) is 22.0 Å². The van der Waals surface area contributed by atoms with Crippen LogP contribution in [0, 0.1) is 0 Å². The molecule has 1 N–H and O–H groups in total. The molecule has 1 amide bonds. The molecule has 0 saturated carbocycles. The minimum absolute atomic E-state index is 0.0932. The number of halogens is 1. The average Bonchev–Trinajstić information content (AvgIpc) is 3.14. The standard InChI is InChI=1S/C25H26ClN3O4S/c1-5-33-22-8-6-7-21(27-22)29-15-18-20(14-13-19(26)23(18)24(29)30)28-34(31,32)17-11-9-16(10-12-17)25(2,3)4/h6-14,28H,5,15H2,1-4H3. The van der Waals surface area contributed by atoms with Gasteiger partial charge in [-0.25, -0.2) is 8.42 Å². The quantitative estimate of drug-likeness (QED) is 0.491. The maximum Gasteiger partial charge on any atom is 0.261 e. The van der Waals surface area contributed by atoms with Gasteiger partial charge in [-0.1, -0.05) is 50.6 Å². The van der Waals surface area contributed by atoms with Crippen molar-refractivity contribution in [1.82, 2.24) is 4.98 Å². The van der Waals surface area contributed by atoms with Gasteiger partial charge in [0.1, 0.15) is 5.82 Å². The zero-order valence-electron chi connectivity index (χ0n) is 19.4. The highest BCUT2D eigenvalue weighted by Gasteiger charge is 2.34. The SMILES string of the molecule is CCOc1cccc(N2Cc3c(NS(=O)(=O)c4ccc(C(C)(C)C)cc4)ccc(Cl)c3C2=O)n1. The second-order valence-electron chi connectivity index (χ2n) is 8.99. The molecule has 0 unspecified atom stereocenters. The van der Waals surface area contributed by atoms with E-state index in [1.807, 2.05) is 19.1 Å². The smallest absolute Gasteiger partial charge is 0.261 e. The summed E-state index contributed by atoms with van der Waals surface area (Å²) in [4.78, 5) is 19.2. The molecule has 1 aliphatic rings. The van der Waals surface area contributed by atoms with Crippen LogP contribution >= 0.6 is 11.6 Å². The second kappa shape index (κ2) is 8.92. The fraction of sp³-hybridized carbons (Fsp3) is 0.280. The number of amides is 1. The van der Waals surface area contributed by atoms with E-state index in [-0.39, 0.29) is 33.3 Å². The van der Waals surface area contributed by atoms with Crippen molar-refractivity contribution in [3.8, 4) is 5.88 Å². The molecule has 2 aromatic carbocycles. The summed E-state index contributed by atoms with van der Waals surface area (Å²) < 4.78 is 34.3. The van der Waals surface area contributed by atoms with Gasteiger partial charge >= 0.3 is 0 Å². The number of pyridine rings is 1. The lowest BCUT2D eigenvalue weighted by Gasteiger charge is -2.19. The summed E-state index contributed by atoms with van der Waals surface area (Å²) in [5.74, 6) is 0.445. The molecule has 4 rings (SSSR count). The van der Waals surface area contributed by atoms with Gasteiger partial charge < -0.3 is 4.74 Å². The Balaban J connectivity index is 1.66. The van der Waals surface area contributed by atoms with Crippen molar-refractivity contribution in [2.45, 2.75) is 44.6 Å². The monoisotopic (exact) mass is 499 g/mol. The van der Waals surface area contributed by atoms with Crippen molar-refractivity contribution >= 4 is 39.0 Å². The number of carbonyl (C=O) groups excluding carboxylic acids is 1. The molecule has 178 valence electrons. The number of nitrogens with one attached hydrogen (secondary N) is 1. The topological polar surface area (TPSA) is 88.6 Å². The number of ether oxygens (including phenoxy) is 1. The van der Waals surface area contributed by atoms with Gasteiger partial charge in [0, 0.05) is 11.6 Å². The van der Waals surface area contributed by atoms with Gasteiger partial charge in [0.25, 0.3) is 15.9 Å². The number of hydrogen-bond acceptors (Lipinski definition) is 5. The molecule has 3 aromatic rings. The van der Waals surface area contributed by atoms with E-state index in [1.54, 1.807) is 36.4 Å². The van der Waals surface area contributed by atoms with Crippen molar-refractivity contribution in [3.63, 3.8) is 0 Å². The molecule has 0 spiro atoms. The van der Waals surface area contributed by atoms with E-state index < -0.39 is 10.0 Å². The molecule has 0 atom stereocenters. The zero-order chi connectivity index (χ0) is 24.7. The van der Waals surface area contributed by atoms with E-state index in [4.69, 9.17) is 16.3 Å². The van der Waals surface area contributed by atoms with Gasteiger partial charge in [-0.15, -0.1) is 0 Å². The molecule has 0 fully saturated rings. The first-order valence-corrected chi connectivity index (χ1v) is 12.7. The van der Waals surface area contributed by atoms with Crippen molar-refractivity contribution in [2.75, 3.05) is 16.2 Å². The third-order valence-corrected chi connectivity index (χ3v) is 7.29. The third-order valence-electron chi connectivity index (χ3n) is 5.59. The predicted octanol–water partition coefficient (Wildman–Crippen LogP) is 5.39. The van der Waals surface area contributed by atoms with Gasteiger partial charge in [-0.05, 0) is 48.2 Å². The Labute approximate surface area is 204 Å². The number of anilines is 2. The number of fused-ring (bicyclic) bond motifs is 1. The van der Waals surface area contributed by atoms with E-state index in [2.05, 4.69) is 30.5 Å². The maximum atomic E-state index is 13.2. The Bertz CT molecular complexity index is 1350. The van der Waals surface area contributed by atoms with E-state index >= 15 is 0 Å². The summed E-state index contributed by atoms with van der Waals surface area (Å²) in [5, 5.41) is 0.251. The van der Waals surface area contributed by atoms with Crippen molar-refractivity contribution in [1.29, 1.82) is 0 Å². The number of sulfonamides is 1.